The van der Waals surface area contributed by atoms with Crippen LogP contribution in [0.3, 0.4) is 0 Å². The van der Waals surface area contributed by atoms with Crippen LogP contribution in [0.15, 0.2) is 0 Å². The average Bonchev–Trinajstić information content (AvgIpc) is 2.43. The van der Waals surface area contributed by atoms with Gasteiger partial charge < -0.3 is 5.32 Å². The van der Waals surface area contributed by atoms with E-state index in [0.29, 0.717) is 11.8 Å². The normalized spacial score (nSPS) is 18.0. The lowest BCUT2D eigenvalue weighted by atomic mass is 9.74. The summed E-state index contributed by atoms with van der Waals surface area (Å²) in [4.78, 5) is 26.7. The average molecular weight is 312 g/mol. The highest BCUT2D eigenvalue weighted by Gasteiger charge is 2.48. The molecule has 4 heteroatoms. The molecule has 1 amide bonds. The molecule has 0 saturated heterocycles. The van der Waals surface area contributed by atoms with Gasteiger partial charge in [-0.2, -0.15) is 0 Å². The first-order valence-corrected chi connectivity index (χ1v) is 8.30. The summed E-state index contributed by atoms with van der Waals surface area (Å²) in [6.45, 7) is 16.1. The summed E-state index contributed by atoms with van der Waals surface area (Å²) >= 11 is 0. The fourth-order valence-electron chi connectivity index (χ4n) is 3.01. The molecular weight excluding hydrogens is 276 g/mol. The maximum Gasteiger partial charge on any atom is 0.239 e. The number of rotatable bonds is 8. The van der Waals surface area contributed by atoms with Crippen LogP contribution in [-0.4, -0.2) is 41.8 Å². The van der Waals surface area contributed by atoms with Crippen molar-refractivity contribution in [3.8, 4) is 0 Å². The third-order valence-corrected chi connectivity index (χ3v) is 5.85. The zero-order chi connectivity index (χ0) is 17.9. The van der Waals surface area contributed by atoms with Gasteiger partial charge in [-0.25, -0.2) is 0 Å². The number of hydrogen-bond donors (Lipinski definition) is 1. The highest BCUT2D eigenvalue weighted by atomic mass is 16.2. The van der Waals surface area contributed by atoms with E-state index in [2.05, 4.69) is 33.0 Å². The number of ketones is 1. The van der Waals surface area contributed by atoms with Gasteiger partial charge in [0.05, 0.1) is 11.1 Å². The Balaban J connectivity index is 5.59. The minimum atomic E-state index is -0.746. The van der Waals surface area contributed by atoms with Crippen LogP contribution < -0.4 is 5.32 Å². The summed E-state index contributed by atoms with van der Waals surface area (Å²) in [5.74, 6) is 1.31. The third kappa shape index (κ3) is 4.09. The standard InChI is InChI=1S/C18H36N2O2/c1-12(2)13(3)11-14(4)18(8,15(5)21)20(10)17(6,7)16(22)19-9/h12-14H,11H2,1-10H3,(H,19,22). The van der Waals surface area contributed by atoms with Crippen LogP contribution in [-0.2, 0) is 9.59 Å². The number of likely N-dealkylation sites (N-methyl/N-ethyl adjacent to an activating group) is 2. The Bertz CT molecular complexity index is 404. The Kier molecular flexibility index (Phi) is 7.27. The molecule has 0 heterocycles. The van der Waals surface area contributed by atoms with E-state index < -0.39 is 11.1 Å². The molecule has 130 valence electrons. The van der Waals surface area contributed by atoms with Crippen LogP contribution in [0, 0.1) is 17.8 Å². The smallest absolute Gasteiger partial charge is 0.239 e. The van der Waals surface area contributed by atoms with E-state index >= 15 is 0 Å². The van der Waals surface area contributed by atoms with Gasteiger partial charge in [-0.1, -0.05) is 27.7 Å². The fraction of sp³-hybridized carbons (Fsp3) is 0.889. The molecule has 22 heavy (non-hydrogen) atoms. The van der Waals surface area contributed by atoms with Crippen LogP contribution >= 0.6 is 0 Å². The van der Waals surface area contributed by atoms with Crippen LogP contribution in [0.25, 0.3) is 0 Å². The monoisotopic (exact) mass is 312 g/mol. The summed E-state index contributed by atoms with van der Waals surface area (Å²) in [5.41, 5.74) is -1.41. The summed E-state index contributed by atoms with van der Waals surface area (Å²) < 4.78 is 0. The Hall–Kier alpha value is -0.900. The first kappa shape index (κ1) is 21.1. The van der Waals surface area contributed by atoms with Crippen molar-refractivity contribution in [3.63, 3.8) is 0 Å². The van der Waals surface area contributed by atoms with E-state index in [1.165, 1.54) is 0 Å². The van der Waals surface area contributed by atoms with Crippen LogP contribution in [0.4, 0.5) is 0 Å². The van der Waals surface area contributed by atoms with Crippen LogP contribution in [0.5, 0.6) is 0 Å². The van der Waals surface area contributed by atoms with E-state index in [9.17, 15) is 9.59 Å². The van der Waals surface area contributed by atoms with E-state index in [0.717, 1.165) is 6.42 Å². The molecule has 0 aliphatic carbocycles. The zero-order valence-corrected chi connectivity index (χ0v) is 16.2. The van der Waals surface area contributed by atoms with Gasteiger partial charge in [-0.05, 0) is 58.9 Å². The lowest BCUT2D eigenvalue weighted by Gasteiger charge is -2.49. The highest BCUT2D eigenvalue weighted by molar-refractivity contribution is 5.89. The van der Waals surface area contributed by atoms with E-state index in [1.54, 1.807) is 14.0 Å². The van der Waals surface area contributed by atoms with Gasteiger partial charge in [-0.15, -0.1) is 0 Å². The largest absolute Gasteiger partial charge is 0.358 e. The minimum absolute atomic E-state index is 0.0772. The van der Waals surface area contributed by atoms with Crippen LogP contribution in [0.2, 0.25) is 0 Å². The van der Waals surface area contributed by atoms with E-state index in [-0.39, 0.29) is 17.6 Å². The maximum absolute atomic E-state index is 12.5. The van der Waals surface area contributed by atoms with Gasteiger partial charge >= 0.3 is 0 Å². The molecule has 0 bridgehead atoms. The summed E-state index contributed by atoms with van der Waals surface area (Å²) in [6, 6.07) is 0. The Labute approximate surface area is 137 Å². The van der Waals surface area contributed by atoms with E-state index in [1.807, 2.05) is 32.7 Å². The van der Waals surface area contributed by atoms with Crippen molar-refractivity contribution in [3.05, 3.63) is 0 Å². The second-order valence-corrected chi connectivity index (χ2v) is 7.76. The Morgan fingerprint density at radius 2 is 1.55 bits per heavy atom. The molecule has 0 aromatic carbocycles. The molecule has 0 radical (unpaired) electrons. The molecule has 0 aromatic heterocycles. The predicted octanol–water partition coefficient (Wildman–Crippen LogP) is 3.11. The van der Waals surface area contributed by atoms with Crippen LogP contribution in [0.1, 0.15) is 61.8 Å². The van der Waals surface area contributed by atoms with Crippen molar-refractivity contribution in [2.75, 3.05) is 14.1 Å². The minimum Gasteiger partial charge on any atom is -0.358 e. The number of nitrogens with zero attached hydrogens (tertiary/aromatic N) is 1. The number of nitrogens with one attached hydrogen (secondary N) is 1. The maximum atomic E-state index is 12.5. The quantitative estimate of drug-likeness (QED) is 0.749. The van der Waals surface area contributed by atoms with Crippen molar-refractivity contribution in [1.29, 1.82) is 0 Å². The van der Waals surface area contributed by atoms with Crippen molar-refractivity contribution in [2.24, 2.45) is 17.8 Å². The molecule has 0 aliphatic heterocycles. The van der Waals surface area contributed by atoms with Crippen molar-refractivity contribution >= 4 is 11.7 Å². The highest BCUT2D eigenvalue weighted by Crippen LogP contribution is 2.35. The van der Waals surface area contributed by atoms with Gasteiger partial charge in [-0.3, -0.25) is 14.5 Å². The summed E-state index contributed by atoms with van der Waals surface area (Å²) in [6.07, 6.45) is 0.960. The Morgan fingerprint density at radius 1 is 1.09 bits per heavy atom. The first-order chi connectivity index (χ1) is 9.83. The van der Waals surface area contributed by atoms with Gasteiger partial charge in [0.25, 0.3) is 0 Å². The third-order valence-electron chi connectivity index (χ3n) is 5.85. The molecule has 0 saturated carbocycles. The molecule has 1 N–H and O–H groups in total. The molecule has 3 atom stereocenters. The first-order valence-electron chi connectivity index (χ1n) is 8.30. The molecule has 0 aliphatic rings. The fourth-order valence-corrected chi connectivity index (χ4v) is 3.01. The predicted molar refractivity (Wildman–Crippen MR) is 92.8 cm³/mol. The van der Waals surface area contributed by atoms with Gasteiger partial charge in [0, 0.05) is 7.05 Å². The topological polar surface area (TPSA) is 49.4 Å². The Morgan fingerprint density at radius 3 is 1.86 bits per heavy atom. The lowest BCUT2D eigenvalue weighted by molar-refractivity contribution is -0.144. The molecular formula is C18H36N2O2. The molecule has 4 nitrogen and oxygen atoms in total. The van der Waals surface area contributed by atoms with Crippen molar-refractivity contribution < 1.29 is 9.59 Å². The number of amides is 1. The number of Topliss-reactive ketones (excluding diaryl/α,β-unsaturated/α-hetero) is 1. The second-order valence-electron chi connectivity index (χ2n) is 7.76. The SMILES string of the molecule is CNC(=O)C(C)(C)N(C)C(C)(C(C)=O)C(C)CC(C)C(C)C. The second kappa shape index (κ2) is 7.58. The van der Waals surface area contributed by atoms with Gasteiger partial charge in [0.2, 0.25) is 5.91 Å². The summed E-state index contributed by atoms with van der Waals surface area (Å²) in [7, 11) is 3.51. The number of carbonyl (C=O) groups is 2. The lowest BCUT2D eigenvalue weighted by Crippen LogP contribution is -2.65. The van der Waals surface area contributed by atoms with Gasteiger partial charge in [0.15, 0.2) is 0 Å². The number of carbonyl (C=O) groups excluding carboxylic acids is 2. The van der Waals surface area contributed by atoms with Crippen molar-refractivity contribution in [1.82, 2.24) is 10.2 Å². The summed E-state index contributed by atoms with van der Waals surface area (Å²) in [5, 5.41) is 2.70. The van der Waals surface area contributed by atoms with E-state index in [4.69, 9.17) is 0 Å². The molecule has 0 spiro atoms. The van der Waals surface area contributed by atoms with Gasteiger partial charge in [0.1, 0.15) is 5.78 Å². The number of hydrogen-bond acceptors (Lipinski definition) is 3. The molecule has 0 fully saturated rings. The zero-order valence-electron chi connectivity index (χ0n) is 16.2. The van der Waals surface area contributed by atoms with Crippen molar-refractivity contribution in [2.45, 2.75) is 72.9 Å². The molecule has 0 rings (SSSR count). The molecule has 3 unspecified atom stereocenters. The molecule has 0 aromatic rings.